The smallest absolute Gasteiger partial charge is 0.0797 e. The van der Waals surface area contributed by atoms with E-state index >= 15 is 0 Å². The number of aryl methyl sites for hydroxylation is 2. The van der Waals surface area contributed by atoms with E-state index < -0.39 is 0 Å². The maximum Gasteiger partial charge on any atom is 0.0797 e. The van der Waals surface area contributed by atoms with Gasteiger partial charge in [0.2, 0.25) is 0 Å². The van der Waals surface area contributed by atoms with E-state index in [2.05, 4.69) is 11.9 Å². The standard InChI is InChI=1S/C11H16ClNS/c1-9-10(14-8-13-9)3-6-11(7-12)4-2-5-11/h8H,2-7H2,1H3. The van der Waals surface area contributed by atoms with Crippen LogP contribution in [0.15, 0.2) is 5.51 Å². The summed E-state index contributed by atoms with van der Waals surface area (Å²) in [6.07, 6.45) is 6.44. The zero-order valence-corrected chi connectivity index (χ0v) is 10.1. The SMILES string of the molecule is Cc1ncsc1CCC1(CCl)CCC1. The molecule has 1 aliphatic rings. The maximum absolute atomic E-state index is 6.03. The van der Waals surface area contributed by atoms with Crippen molar-refractivity contribution in [3.8, 4) is 0 Å². The highest BCUT2D eigenvalue weighted by molar-refractivity contribution is 7.09. The van der Waals surface area contributed by atoms with Gasteiger partial charge in [-0.15, -0.1) is 22.9 Å². The number of halogens is 1. The summed E-state index contributed by atoms with van der Waals surface area (Å²) in [6.45, 7) is 2.10. The molecule has 1 nitrogen and oxygen atoms in total. The summed E-state index contributed by atoms with van der Waals surface area (Å²) in [7, 11) is 0. The number of nitrogens with zero attached hydrogens (tertiary/aromatic N) is 1. The highest BCUT2D eigenvalue weighted by Gasteiger charge is 2.35. The molecular weight excluding hydrogens is 214 g/mol. The Morgan fingerprint density at radius 3 is 2.79 bits per heavy atom. The summed E-state index contributed by atoms with van der Waals surface area (Å²) in [4.78, 5) is 5.72. The first-order valence-electron chi connectivity index (χ1n) is 5.21. The topological polar surface area (TPSA) is 12.9 Å². The van der Waals surface area contributed by atoms with Crippen molar-refractivity contribution in [3.05, 3.63) is 16.1 Å². The van der Waals surface area contributed by atoms with Gasteiger partial charge in [-0.05, 0) is 38.0 Å². The number of alkyl halides is 1. The minimum atomic E-state index is 0.470. The van der Waals surface area contributed by atoms with Crippen molar-refractivity contribution in [2.45, 2.75) is 39.0 Å². The summed E-state index contributed by atoms with van der Waals surface area (Å²) in [6, 6.07) is 0. The molecule has 0 radical (unpaired) electrons. The second-order valence-electron chi connectivity index (χ2n) is 4.35. The molecule has 0 aliphatic heterocycles. The summed E-state index contributed by atoms with van der Waals surface area (Å²) in [5.74, 6) is 0.838. The maximum atomic E-state index is 6.03. The van der Waals surface area contributed by atoms with Gasteiger partial charge in [-0.25, -0.2) is 4.98 Å². The van der Waals surface area contributed by atoms with Crippen molar-refractivity contribution < 1.29 is 0 Å². The van der Waals surface area contributed by atoms with Crippen molar-refractivity contribution in [2.24, 2.45) is 5.41 Å². The van der Waals surface area contributed by atoms with Gasteiger partial charge in [0.1, 0.15) is 0 Å². The van der Waals surface area contributed by atoms with E-state index in [0.717, 1.165) is 5.88 Å². The molecule has 1 aliphatic carbocycles. The normalized spacial score (nSPS) is 19.3. The minimum absolute atomic E-state index is 0.470. The summed E-state index contributed by atoms with van der Waals surface area (Å²) < 4.78 is 0. The van der Waals surface area contributed by atoms with Crippen molar-refractivity contribution in [1.29, 1.82) is 0 Å². The van der Waals surface area contributed by atoms with Crippen LogP contribution >= 0.6 is 22.9 Å². The Balaban J connectivity index is 1.90. The van der Waals surface area contributed by atoms with Crippen LogP contribution in [0.3, 0.4) is 0 Å². The molecule has 1 aromatic rings. The van der Waals surface area contributed by atoms with E-state index in [0.29, 0.717) is 5.41 Å². The van der Waals surface area contributed by atoms with E-state index in [1.54, 1.807) is 11.3 Å². The molecule has 1 fully saturated rings. The zero-order valence-electron chi connectivity index (χ0n) is 8.55. The molecule has 14 heavy (non-hydrogen) atoms. The van der Waals surface area contributed by atoms with Gasteiger partial charge in [0.15, 0.2) is 0 Å². The summed E-state index contributed by atoms with van der Waals surface area (Å²) in [5, 5.41) is 0. The van der Waals surface area contributed by atoms with Gasteiger partial charge in [-0.1, -0.05) is 6.42 Å². The van der Waals surface area contributed by atoms with Gasteiger partial charge in [0, 0.05) is 10.8 Å². The number of hydrogen-bond acceptors (Lipinski definition) is 2. The number of thiazole rings is 1. The van der Waals surface area contributed by atoms with Crippen LogP contribution in [-0.2, 0) is 6.42 Å². The molecule has 3 heteroatoms. The van der Waals surface area contributed by atoms with E-state index in [1.807, 2.05) is 5.51 Å². The Morgan fingerprint density at radius 1 is 1.57 bits per heavy atom. The fourth-order valence-electron chi connectivity index (χ4n) is 2.07. The fourth-order valence-corrected chi connectivity index (χ4v) is 3.25. The average Bonchev–Trinajstić information content (AvgIpc) is 2.51. The molecule has 0 N–H and O–H groups in total. The van der Waals surface area contributed by atoms with Crippen molar-refractivity contribution in [3.63, 3.8) is 0 Å². The number of hydrogen-bond donors (Lipinski definition) is 0. The van der Waals surface area contributed by atoms with E-state index in [1.165, 1.54) is 42.7 Å². The molecule has 0 amide bonds. The molecule has 1 heterocycles. The molecule has 0 aromatic carbocycles. The largest absolute Gasteiger partial charge is 0.250 e. The van der Waals surface area contributed by atoms with Gasteiger partial charge in [-0.3, -0.25) is 0 Å². The third kappa shape index (κ3) is 1.96. The molecule has 1 saturated carbocycles. The Morgan fingerprint density at radius 2 is 2.36 bits per heavy atom. The van der Waals surface area contributed by atoms with Crippen LogP contribution in [0.25, 0.3) is 0 Å². The average molecular weight is 230 g/mol. The Kier molecular flexibility index (Phi) is 3.13. The second kappa shape index (κ2) is 4.19. The van der Waals surface area contributed by atoms with E-state index in [4.69, 9.17) is 11.6 Å². The lowest BCUT2D eigenvalue weighted by atomic mass is 9.67. The molecular formula is C11H16ClNS. The predicted molar refractivity (Wildman–Crippen MR) is 62.2 cm³/mol. The molecule has 2 rings (SSSR count). The molecule has 1 aromatic heterocycles. The van der Waals surface area contributed by atoms with Gasteiger partial charge in [0.25, 0.3) is 0 Å². The van der Waals surface area contributed by atoms with Crippen LogP contribution in [-0.4, -0.2) is 10.9 Å². The molecule has 78 valence electrons. The highest BCUT2D eigenvalue weighted by atomic mass is 35.5. The molecule has 0 atom stereocenters. The van der Waals surface area contributed by atoms with Gasteiger partial charge >= 0.3 is 0 Å². The van der Waals surface area contributed by atoms with Crippen LogP contribution in [0.2, 0.25) is 0 Å². The fraction of sp³-hybridized carbons (Fsp3) is 0.727. The monoisotopic (exact) mass is 229 g/mol. The molecule has 0 saturated heterocycles. The van der Waals surface area contributed by atoms with Crippen molar-refractivity contribution >= 4 is 22.9 Å². The Bertz CT molecular complexity index is 298. The Labute approximate surface area is 94.5 Å². The van der Waals surface area contributed by atoms with Gasteiger partial charge < -0.3 is 0 Å². The van der Waals surface area contributed by atoms with Crippen LogP contribution < -0.4 is 0 Å². The van der Waals surface area contributed by atoms with Crippen LogP contribution in [0.4, 0.5) is 0 Å². The minimum Gasteiger partial charge on any atom is -0.250 e. The summed E-state index contributed by atoms with van der Waals surface area (Å²) >= 11 is 7.81. The third-order valence-electron chi connectivity index (χ3n) is 3.42. The van der Waals surface area contributed by atoms with Crippen molar-refractivity contribution in [2.75, 3.05) is 5.88 Å². The first kappa shape index (κ1) is 10.4. The predicted octanol–water partition coefficient (Wildman–Crippen LogP) is 3.79. The van der Waals surface area contributed by atoms with Gasteiger partial charge in [-0.2, -0.15) is 0 Å². The van der Waals surface area contributed by atoms with Crippen LogP contribution in [0, 0.1) is 12.3 Å². The van der Waals surface area contributed by atoms with Crippen molar-refractivity contribution in [1.82, 2.24) is 4.98 Å². The lowest BCUT2D eigenvalue weighted by Crippen LogP contribution is -2.31. The van der Waals surface area contributed by atoms with Crippen LogP contribution in [0.5, 0.6) is 0 Å². The second-order valence-corrected chi connectivity index (χ2v) is 5.55. The number of aromatic nitrogens is 1. The van der Waals surface area contributed by atoms with E-state index in [9.17, 15) is 0 Å². The van der Waals surface area contributed by atoms with E-state index in [-0.39, 0.29) is 0 Å². The highest BCUT2D eigenvalue weighted by Crippen LogP contribution is 2.45. The molecule has 0 spiro atoms. The number of rotatable bonds is 4. The zero-order chi connectivity index (χ0) is 10.0. The lowest BCUT2D eigenvalue weighted by molar-refractivity contribution is 0.152. The Hall–Kier alpha value is -0.0800. The molecule has 0 unspecified atom stereocenters. The quantitative estimate of drug-likeness (QED) is 0.716. The van der Waals surface area contributed by atoms with Crippen LogP contribution in [0.1, 0.15) is 36.3 Å². The third-order valence-corrected chi connectivity index (χ3v) is 4.99. The first-order chi connectivity index (χ1) is 6.76. The lowest BCUT2D eigenvalue weighted by Gasteiger charge is -2.40. The molecule has 0 bridgehead atoms. The first-order valence-corrected chi connectivity index (χ1v) is 6.62. The summed E-state index contributed by atoms with van der Waals surface area (Å²) in [5.41, 5.74) is 3.62. The van der Waals surface area contributed by atoms with Gasteiger partial charge in [0.05, 0.1) is 11.2 Å².